The minimum absolute atomic E-state index is 0.0448. The van der Waals surface area contributed by atoms with Crippen molar-refractivity contribution in [3.8, 4) is 17.3 Å². The maximum Gasteiger partial charge on any atom is 0.349 e. The molecule has 0 spiro atoms. The van der Waals surface area contributed by atoms with Crippen molar-refractivity contribution >= 4 is 23.2 Å². The molecule has 1 aliphatic carbocycles. The van der Waals surface area contributed by atoms with Crippen LogP contribution in [0.4, 0.5) is 0 Å². The van der Waals surface area contributed by atoms with Gasteiger partial charge in [0.15, 0.2) is 11.4 Å². The summed E-state index contributed by atoms with van der Waals surface area (Å²) < 4.78 is 6.58. The molecule has 2 heterocycles. The van der Waals surface area contributed by atoms with Gasteiger partial charge in [-0.1, -0.05) is 36.0 Å². The summed E-state index contributed by atoms with van der Waals surface area (Å²) in [5, 5.41) is 19.5. The van der Waals surface area contributed by atoms with E-state index in [1.807, 2.05) is 0 Å². The van der Waals surface area contributed by atoms with E-state index in [4.69, 9.17) is 27.9 Å². The monoisotopic (exact) mass is 465 g/mol. The molecule has 0 unspecified atom stereocenters. The van der Waals surface area contributed by atoms with Crippen LogP contribution in [0.2, 0.25) is 10.0 Å². The predicted molar refractivity (Wildman–Crippen MR) is 113 cm³/mol. The minimum atomic E-state index is -0.827. The number of aromatic nitrogens is 5. The van der Waals surface area contributed by atoms with Gasteiger partial charge in [0.2, 0.25) is 5.88 Å². The van der Waals surface area contributed by atoms with Crippen molar-refractivity contribution < 1.29 is 9.84 Å². The smallest absolute Gasteiger partial charge is 0.349 e. The number of rotatable bonds is 5. The second kappa shape index (κ2) is 8.66. The molecule has 1 saturated carbocycles. The van der Waals surface area contributed by atoms with Crippen molar-refractivity contribution in [1.29, 1.82) is 0 Å². The molecule has 1 fully saturated rings. The van der Waals surface area contributed by atoms with E-state index in [0.717, 1.165) is 30.4 Å². The van der Waals surface area contributed by atoms with E-state index in [1.54, 1.807) is 6.07 Å². The van der Waals surface area contributed by atoms with Crippen LogP contribution in [0.25, 0.3) is 5.69 Å². The van der Waals surface area contributed by atoms with E-state index in [0.29, 0.717) is 5.56 Å². The van der Waals surface area contributed by atoms with Crippen molar-refractivity contribution in [2.45, 2.75) is 38.2 Å². The molecule has 0 bridgehead atoms. The van der Waals surface area contributed by atoms with Crippen LogP contribution in [0.5, 0.6) is 11.6 Å². The van der Waals surface area contributed by atoms with Crippen molar-refractivity contribution in [1.82, 2.24) is 25.0 Å². The Morgan fingerprint density at radius 2 is 1.77 bits per heavy atom. The summed E-state index contributed by atoms with van der Waals surface area (Å²) in [6.07, 6.45) is 3.99. The SMILES string of the molecule is O=c1[nH]nc(Oc2c(Cl)cc(-n3nc(CO)c(=O)[nH]c3=O)cc2Cl)cc1C1CCCC1. The molecular weight excluding hydrogens is 449 g/mol. The molecule has 3 N–H and O–H groups in total. The van der Waals surface area contributed by atoms with Gasteiger partial charge in [-0.05, 0) is 30.9 Å². The van der Waals surface area contributed by atoms with Gasteiger partial charge in [-0.3, -0.25) is 14.6 Å². The van der Waals surface area contributed by atoms with E-state index in [9.17, 15) is 19.5 Å². The lowest BCUT2D eigenvalue weighted by atomic mass is 10.00. The average molecular weight is 466 g/mol. The van der Waals surface area contributed by atoms with Gasteiger partial charge in [0.25, 0.3) is 11.1 Å². The Labute approximate surface area is 184 Å². The van der Waals surface area contributed by atoms with Crippen LogP contribution in [0, 0.1) is 0 Å². The second-order valence-electron chi connectivity index (χ2n) is 7.09. The number of aromatic amines is 2. The van der Waals surface area contributed by atoms with Crippen LogP contribution in [-0.4, -0.2) is 30.1 Å². The molecule has 0 atom stereocenters. The molecule has 4 rings (SSSR count). The average Bonchev–Trinajstić information content (AvgIpc) is 3.26. The third kappa shape index (κ3) is 4.27. The summed E-state index contributed by atoms with van der Waals surface area (Å²) in [5.74, 6) is 0.352. The quantitative estimate of drug-likeness (QED) is 0.523. The zero-order chi connectivity index (χ0) is 22.1. The van der Waals surface area contributed by atoms with E-state index >= 15 is 0 Å². The molecule has 31 heavy (non-hydrogen) atoms. The number of aliphatic hydroxyl groups excluding tert-OH is 1. The molecule has 162 valence electrons. The first-order chi connectivity index (χ1) is 14.9. The van der Waals surface area contributed by atoms with Crippen LogP contribution < -0.4 is 21.5 Å². The van der Waals surface area contributed by atoms with Gasteiger partial charge in [-0.25, -0.2) is 9.89 Å². The normalized spacial score (nSPS) is 14.2. The largest absolute Gasteiger partial charge is 0.434 e. The van der Waals surface area contributed by atoms with E-state index in [1.165, 1.54) is 12.1 Å². The number of nitrogens with zero attached hydrogens (tertiary/aromatic N) is 3. The Morgan fingerprint density at radius 1 is 1.10 bits per heavy atom. The fourth-order valence-corrected chi connectivity index (χ4v) is 4.13. The van der Waals surface area contributed by atoms with E-state index in [2.05, 4.69) is 20.3 Å². The summed E-state index contributed by atoms with van der Waals surface area (Å²) in [6, 6.07) is 4.30. The summed E-state index contributed by atoms with van der Waals surface area (Å²) in [4.78, 5) is 37.9. The summed E-state index contributed by atoms with van der Waals surface area (Å²) in [6.45, 7) is -0.653. The van der Waals surface area contributed by atoms with E-state index in [-0.39, 0.29) is 44.5 Å². The molecule has 10 nitrogen and oxygen atoms in total. The molecule has 1 aliphatic rings. The Hall–Kier alpha value is -2.95. The number of aliphatic hydroxyl groups is 1. The van der Waals surface area contributed by atoms with Crippen molar-refractivity contribution in [2.75, 3.05) is 0 Å². The van der Waals surface area contributed by atoms with Crippen molar-refractivity contribution in [2.24, 2.45) is 0 Å². The fourth-order valence-electron chi connectivity index (χ4n) is 3.58. The van der Waals surface area contributed by atoms with Gasteiger partial charge in [0, 0.05) is 11.6 Å². The maximum atomic E-state index is 12.1. The summed E-state index contributed by atoms with van der Waals surface area (Å²) >= 11 is 12.6. The predicted octanol–water partition coefficient (Wildman–Crippen LogP) is 2.25. The Balaban J connectivity index is 1.69. The number of halogens is 2. The van der Waals surface area contributed by atoms with Gasteiger partial charge in [0.05, 0.1) is 22.3 Å². The number of nitrogens with one attached hydrogen (secondary N) is 2. The Bertz CT molecular complexity index is 1290. The first-order valence-corrected chi connectivity index (χ1v) is 10.2. The lowest BCUT2D eigenvalue weighted by Gasteiger charge is -2.13. The van der Waals surface area contributed by atoms with Crippen LogP contribution in [0.3, 0.4) is 0 Å². The van der Waals surface area contributed by atoms with Crippen molar-refractivity contribution in [3.63, 3.8) is 0 Å². The summed E-state index contributed by atoms with van der Waals surface area (Å²) in [7, 11) is 0. The van der Waals surface area contributed by atoms with Gasteiger partial charge in [0.1, 0.15) is 0 Å². The van der Waals surface area contributed by atoms with Crippen LogP contribution in [-0.2, 0) is 6.61 Å². The molecular formula is C19H17Cl2N5O5. The number of H-pyrrole nitrogens is 2. The lowest BCUT2D eigenvalue weighted by molar-refractivity contribution is 0.271. The maximum absolute atomic E-state index is 12.1. The zero-order valence-corrected chi connectivity index (χ0v) is 17.5. The van der Waals surface area contributed by atoms with E-state index < -0.39 is 17.9 Å². The number of ether oxygens (including phenoxy) is 1. The van der Waals surface area contributed by atoms with Crippen molar-refractivity contribution in [3.05, 3.63) is 70.7 Å². The molecule has 1 aromatic carbocycles. The van der Waals surface area contributed by atoms with Gasteiger partial charge < -0.3 is 9.84 Å². The highest BCUT2D eigenvalue weighted by Gasteiger charge is 2.22. The third-order valence-corrected chi connectivity index (χ3v) is 5.64. The molecule has 3 aromatic rings. The molecule has 0 saturated heterocycles. The Kier molecular flexibility index (Phi) is 5.94. The second-order valence-corrected chi connectivity index (χ2v) is 7.90. The van der Waals surface area contributed by atoms with Crippen LogP contribution in [0.15, 0.2) is 32.6 Å². The zero-order valence-electron chi connectivity index (χ0n) is 16.0. The lowest BCUT2D eigenvalue weighted by Crippen LogP contribution is -2.34. The molecule has 0 radical (unpaired) electrons. The summed E-state index contributed by atoms with van der Waals surface area (Å²) in [5.41, 5.74) is -1.36. The number of benzene rings is 1. The molecule has 2 aromatic heterocycles. The first-order valence-electron chi connectivity index (χ1n) is 9.47. The van der Waals surface area contributed by atoms with Gasteiger partial charge in [-0.15, -0.1) is 5.10 Å². The molecule has 0 amide bonds. The van der Waals surface area contributed by atoms with Crippen LogP contribution in [0.1, 0.15) is 42.9 Å². The standard InChI is InChI=1S/C19H17Cl2N5O5/c20-12-5-10(26-19(30)22-18(29)14(8-27)25-26)6-13(21)16(12)31-15-7-11(17(28)24-23-15)9-3-1-2-4-9/h5-7,9,27H,1-4,8H2,(H,24,28)(H,22,29,30). The third-order valence-electron chi connectivity index (χ3n) is 5.08. The molecule has 12 heteroatoms. The highest BCUT2D eigenvalue weighted by Crippen LogP contribution is 2.38. The highest BCUT2D eigenvalue weighted by atomic mass is 35.5. The van der Waals surface area contributed by atoms with Gasteiger partial charge >= 0.3 is 5.69 Å². The highest BCUT2D eigenvalue weighted by molar-refractivity contribution is 6.37. The first kappa shape index (κ1) is 21.3. The Morgan fingerprint density at radius 3 is 2.42 bits per heavy atom. The van der Waals surface area contributed by atoms with Gasteiger partial charge in [-0.2, -0.15) is 9.78 Å². The topological polar surface area (TPSA) is 143 Å². The fraction of sp³-hybridized carbons (Fsp3) is 0.316. The minimum Gasteiger partial charge on any atom is -0.434 e. The molecule has 0 aliphatic heterocycles. The number of hydrogen-bond acceptors (Lipinski definition) is 7. The van der Waals surface area contributed by atoms with Crippen LogP contribution >= 0.6 is 23.2 Å². The number of hydrogen-bond donors (Lipinski definition) is 3.